The Bertz CT molecular complexity index is 1000. The van der Waals surface area contributed by atoms with E-state index in [0.717, 1.165) is 16.9 Å². The molecule has 1 saturated heterocycles. The lowest BCUT2D eigenvalue weighted by molar-refractivity contribution is -0.116. The molecule has 1 fully saturated rings. The van der Waals surface area contributed by atoms with Gasteiger partial charge in [-0.05, 0) is 54.4 Å². The van der Waals surface area contributed by atoms with Gasteiger partial charge in [0, 0.05) is 56.0 Å². The van der Waals surface area contributed by atoms with Crippen LogP contribution >= 0.6 is 11.6 Å². The maximum Gasteiger partial charge on any atom is 0.243 e. The average molecular weight is 420 g/mol. The highest BCUT2D eigenvalue weighted by Crippen LogP contribution is 2.31. The number of piperazine rings is 1. The van der Waals surface area contributed by atoms with Gasteiger partial charge in [-0.15, -0.1) is 0 Å². The first kappa shape index (κ1) is 19.2. The fourth-order valence-electron chi connectivity index (χ4n) is 3.85. The van der Waals surface area contributed by atoms with Crippen LogP contribution in [0, 0.1) is 0 Å². The summed E-state index contributed by atoms with van der Waals surface area (Å²) >= 11 is 5.94. The molecule has 1 amide bonds. The number of halogens is 1. The number of sulfonamides is 1. The molecule has 2 aromatic carbocycles. The second kappa shape index (κ2) is 7.39. The Morgan fingerprint density at radius 1 is 0.964 bits per heavy atom. The van der Waals surface area contributed by atoms with Crippen LogP contribution < -0.4 is 9.80 Å². The first-order valence-electron chi connectivity index (χ1n) is 9.28. The molecule has 0 bridgehead atoms. The van der Waals surface area contributed by atoms with Gasteiger partial charge in [-0.3, -0.25) is 4.79 Å². The number of benzene rings is 2. The highest BCUT2D eigenvalue weighted by Gasteiger charge is 2.30. The Kier molecular flexibility index (Phi) is 5.07. The van der Waals surface area contributed by atoms with Crippen molar-refractivity contribution >= 4 is 38.9 Å². The largest absolute Gasteiger partial charge is 0.369 e. The Hall–Kier alpha value is -2.09. The topological polar surface area (TPSA) is 60.9 Å². The predicted molar refractivity (Wildman–Crippen MR) is 111 cm³/mol. The zero-order chi connectivity index (χ0) is 19.9. The molecular weight excluding hydrogens is 398 g/mol. The highest BCUT2D eigenvalue weighted by molar-refractivity contribution is 7.89. The van der Waals surface area contributed by atoms with Gasteiger partial charge in [-0.2, -0.15) is 4.31 Å². The van der Waals surface area contributed by atoms with E-state index in [1.54, 1.807) is 27.4 Å². The molecule has 0 spiro atoms. The summed E-state index contributed by atoms with van der Waals surface area (Å²) in [7, 11) is -3.55. The lowest BCUT2D eigenvalue weighted by atomic mass is 10.2. The van der Waals surface area contributed by atoms with Gasteiger partial charge in [0.15, 0.2) is 0 Å². The molecule has 28 heavy (non-hydrogen) atoms. The van der Waals surface area contributed by atoms with Gasteiger partial charge >= 0.3 is 0 Å². The molecule has 2 aliphatic rings. The lowest BCUT2D eigenvalue weighted by Gasteiger charge is -2.35. The Morgan fingerprint density at radius 3 is 2.29 bits per heavy atom. The van der Waals surface area contributed by atoms with Crippen molar-refractivity contribution in [2.75, 3.05) is 42.5 Å². The van der Waals surface area contributed by atoms with Crippen LogP contribution in [-0.2, 0) is 21.2 Å². The van der Waals surface area contributed by atoms with Crippen LogP contribution in [0.15, 0.2) is 47.4 Å². The molecule has 148 valence electrons. The molecular formula is C20H22ClN3O3S. The van der Waals surface area contributed by atoms with E-state index >= 15 is 0 Å². The summed E-state index contributed by atoms with van der Waals surface area (Å²) in [5.74, 6) is -0.0207. The number of amides is 1. The van der Waals surface area contributed by atoms with Gasteiger partial charge in [-0.25, -0.2) is 8.42 Å². The highest BCUT2D eigenvalue weighted by atomic mass is 35.5. The van der Waals surface area contributed by atoms with Crippen molar-refractivity contribution in [2.24, 2.45) is 0 Å². The summed E-state index contributed by atoms with van der Waals surface area (Å²) in [6.07, 6.45) is 0.683. The zero-order valence-electron chi connectivity index (χ0n) is 15.6. The summed E-state index contributed by atoms with van der Waals surface area (Å²) in [5.41, 5.74) is 2.78. The van der Waals surface area contributed by atoms with E-state index in [1.807, 2.05) is 24.3 Å². The maximum absolute atomic E-state index is 13.1. The maximum atomic E-state index is 13.1. The van der Waals surface area contributed by atoms with Crippen molar-refractivity contribution in [2.45, 2.75) is 18.2 Å². The minimum absolute atomic E-state index is 0.0207. The van der Waals surface area contributed by atoms with Crippen molar-refractivity contribution in [3.63, 3.8) is 0 Å². The van der Waals surface area contributed by atoms with Crippen LogP contribution in [0.4, 0.5) is 11.4 Å². The number of carbonyl (C=O) groups excluding carboxylic acids is 1. The standard InChI is InChI=1S/C20H22ClN3O3S/c1-15(25)24-9-8-16-14-19(6-7-20(16)24)28(26,27)23-12-10-22(11-13-23)18-4-2-17(21)3-5-18/h2-7,14H,8-13H2,1H3. The third kappa shape index (κ3) is 3.50. The molecule has 4 rings (SSSR count). The molecule has 0 unspecified atom stereocenters. The number of anilines is 2. The molecule has 0 aromatic heterocycles. The molecule has 2 aliphatic heterocycles. The van der Waals surface area contributed by atoms with E-state index in [1.165, 1.54) is 6.92 Å². The van der Waals surface area contributed by atoms with E-state index in [9.17, 15) is 13.2 Å². The van der Waals surface area contributed by atoms with Crippen LogP contribution in [0.2, 0.25) is 5.02 Å². The van der Waals surface area contributed by atoms with Gasteiger partial charge in [0.2, 0.25) is 15.9 Å². The van der Waals surface area contributed by atoms with Gasteiger partial charge < -0.3 is 9.80 Å². The second-order valence-corrected chi connectivity index (χ2v) is 9.45. The Morgan fingerprint density at radius 2 is 1.64 bits per heavy atom. The van der Waals surface area contributed by atoms with Crippen molar-refractivity contribution in [3.05, 3.63) is 53.1 Å². The first-order chi connectivity index (χ1) is 13.4. The van der Waals surface area contributed by atoms with Crippen LogP contribution in [0.25, 0.3) is 0 Å². The summed E-state index contributed by atoms with van der Waals surface area (Å²) in [4.78, 5) is 15.8. The first-order valence-corrected chi connectivity index (χ1v) is 11.1. The minimum Gasteiger partial charge on any atom is -0.369 e. The lowest BCUT2D eigenvalue weighted by Crippen LogP contribution is -2.48. The van der Waals surface area contributed by atoms with Gasteiger partial charge in [0.1, 0.15) is 0 Å². The Labute approximate surface area is 170 Å². The molecule has 6 nitrogen and oxygen atoms in total. The SMILES string of the molecule is CC(=O)N1CCc2cc(S(=O)(=O)N3CCN(c4ccc(Cl)cc4)CC3)ccc21. The van der Waals surface area contributed by atoms with Gasteiger partial charge in [0.05, 0.1) is 4.90 Å². The number of hydrogen-bond donors (Lipinski definition) is 0. The number of nitrogens with zero attached hydrogens (tertiary/aromatic N) is 3. The van der Waals surface area contributed by atoms with Crippen LogP contribution in [0.3, 0.4) is 0 Å². The van der Waals surface area contributed by atoms with E-state index in [0.29, 0.717) is 49.1 Å². The summed E-state index contributed by atoms with van der Waals surface area (Å²) in [6.45, 7) is 4.25. The van der Waals surface area contributed by atoms with E-state index in [-0.39, 0.29) is 5.91 Å². The van der Waals surface area contributed by atoms with Crippen molar-refractivity contribution in [3.8, 4) is 0 Å². The molecule has 8 heteroatoms. The molecule has 0 atom stereocenters. The molecule has 2 aromatic rings. The fraction of sp³-hybridized carbons (Fsp3) is 0.350. The van der Waals surface area contributed by atoms with Gasteiger partial charge in [-0.1, -0.05) is 11.6 Å². The molecule has 0 aliphatic carbocycles. The monoisotopic (exact) mass is 419 g/mol. The van der Waals surface area contributed by atoms with E-state index < -0.39 is 10.0 Å². The minimum atomic E-state index is -3.55. The third-order valence-electron chi connectivity index (χ3n) is 5.39. The number of fused-ring (bicyclic) bond motifs is 1. The van der Waals surface area contributed by atoms with Crippen LogP contribution in [0.1, 0.15) is 12.5 Å². The zero-order valence-corrected chi connectivity index (χ0v) is 17.2. The normalized spacial score (nSPS) is 17.6. The summed E-state index contributed by atoms with van der Waals surface area (Å²) in [6, 6.07) is 12.7. The van der Waals surface area contributed by atoms with Crippen molar-refractivity contribution in [1.29, 1.82) is 0 Å². The average Bonchev–Trinajstić information content (AvgIpc) is 3.12. The van der Waals surface area contributed by atoms with Crippen molar-refractivity contribution in [1.82, 2.24) is 4.31 Å². The van der Waals surface area contributed by atoms with Crippen molar-refractivity contribution < 1.29 is 13.2 Å². The fourth-order valence-corrected chi connectivity index (χ4v) is 5.45. The molecule has 0 N–H and O–H groups in total. The molecule has 0 radical (unpaired) electrons. The number of hydrogen-bond acceptors (Lipinski definition) is 4. The number of rotatable bonds is 3. The quantitative estimate of drug-likeness (QED) is 0.767. The van der Waals surface area contributed by atoms with E-state index in [2.05, 4.69) is 4.90 Å². The summed E-state index contributed by atoms with van der Waals surface area (Å²) in [5, 5.41) is 0.685. The predicted octanol–water partition coefficient (Wildman–Crippen LogP) is 2.76. The smallest absolute Gasteiger partial charge is 0.243 e. The van der Waals surface area contributed by atoms with Crippen LogP contribution in [-0.4, -0.2) is 51.4 Å². The van der Waals surface area contributed by atoms with Crippen LogP contribution in [0.5, 0.6) is 0 Å². The molecule has 2 heterocycles. The summed E-state index contributed by atoms with van der Waals surface area (Å²) < 4.78 is 27.7. The Balaban J connectivity index is 1.49. The number of carbonyl (C=O) groups is 1. The third-order valence-corrected chi connectivity index (χ3v) is 7.54. The second-order valence-electron chi connectivity index (χ2n) is 7.08. The van der Waals surface area contributed by atoms with Gasteiger partial charge in [0.25, 0.3) is 0 Å². The van der Waals surface area contributed by atoms with E-state index in [4.69, 9.17) is 11.6 Å². The molecule has 0 saturated carbocycles.